The van der Waals surface area contributed by atoms with Crippen molar-refractivity contribution < 1.29 is 17.6 Å². The summed E-state index contributed by atoms with van der Waals surface area (Å²) in [6, 6.07) is 1.94. The fourth-order valence-electron chi connectivity index (χ4n) is 1.34. The summed E-state index contributed by atoms with van der Waals surface area (Å²) in [4.78, 5) is 3.61. The molecule has 0 aliphatic rings. The number of nitrogens with zero attached hydrogens (tertiary/aromatic N) is 1. The topological polar surface area (TPSA) is 26.0 Å². The van der Waals surface area contributed by atoms with E-state index in [1.165, 1.54) is 6.20 Å². The van der Waals surface area contributed by atoms with Crippen LogP contribution in [0.2, 0.25) is 10.0 Å². The van der Waals surface area contributed by atoms with Crippen molar-refractivity contribution in [3.8, 4) is 11.3 Å². The molecule has 1 aromatic carbocycles. The van der Waals surface area contributed by atoms with Gasteiger partial charge in [-0.25, -0.2) is 4.98 Å². The lowest BCUT2D eigenvalue weighted by molar-refractivity contribution is -0.137. The average molecular weight is 282 g/mol. The molecular weight excluding hydrogens is 278 g/mol. The molecule has 0 aliphatic carbocycles. The molecule has 0 spiro atoms. The van der Waals surface area contributed by atoms with Crippen LogP contribution in [0.25, 0.3) is 11.3 Å². The van der Waals surface area contributed by atoms with Gasteiger partial charge in [0.15, 0.2) is 12.2 Å². The van der Waals surface area contributed by atoms with E-state index >= 15 is 0 Å². The van der Waals surface area contributed by atoms with Crippen molar-refractivity contribution in [3.63, 3.8) is 0 Å². The zero-order valence-electron chi connectivity index (χ0n) is 8.05. The molecule has 0 atom stereocenters. The summed E-state index contributed by atoms with van der Waals surface area (Å²) in [5.41, 5.74) is -0.976. The van der Waals surface area contributed by atoms with Crippen LogP contribution in [0.5, 0.6) is 0 Å². The third kappa shape index (κ3) is 2.25. The number of hydrogen-bond donors (Lipinski definition) is 0. The van der Waals surface area contributed by atoms with Crippen molar-refractivity contribution >= 4 is 23.2 Å². The molecule has 0 amide bonds. The van der Waals surface area contributed by atoms with Gasteiger partial charge >= 0.3 is 6.18 Å². The molecule has 1 aromatic heterocycles. The van der Waals surface area contributed by atoms with E-state index in [2.05, 4.69) is 4.98 Å². The van der Waals surface area contributed by atoms with Gasteiger partial charge in [-0.15, -0.1) is 0 Å². The maximum absolute atomic E-state index is 12.6. The highest BCUT2D eigenvalue weighted by Gasteiger charge is 2.35. The smallest absolute Gasteiger partial charge is 0.417 e. The number of hydrogen-bond acceptors (Lipinski definition) is 2. The first kappa shape index (κ1) is 12.3. The minimum atomic E-state index is -4.55. The minimum absolute atomic E-state index is 0.0133. The van der Waals surface area contributed by atoms with Gasteiger partial charge in [-0.05, 0) is 12.1 Å². The highest BCUT2D eigenvalue weighted by molar-refractivity contribution is 6.39. The number of halogens is 5. The predicted molar refractivity (Wildman–Crippen MR) is 57.0 cm³/mol. The second-order valence-electron chi connectivity index (χ2n) is 3.15. The first-order chi connectivity index (χ1) is 7.91. The van der Waals surface area contributed by atoms with E-state index in [0.717, 1.165) is 18.5 Å². The van der Waals surface area contributed by atoms with Gasteiger partial charge in [-0.2, -0.15) is 13.2 Å². The van der Waals surface area contributed by atoms with Crippen LogP contribution in [0.1, 0.15) is 5.56 Å². The Labute approximate surface area is 104 Å². The molecule has 0 N–H and O–H groups in total. The Morgan fingerprint density at radius 1 is 1.18 bits per heavy atom. The Morgan fingerprint density at radius 2 is 1.88 bits per heavy atom. The number of aromatic nitrogens is 1. The fraction of sp³-hybridized carbons (Fsp3) is 0.100. The Balaban J connectivity index is 2.68. The van der Waals surface area contributed by atoms with E-state index in [1.54, 1.807) is 0 Å². The molecule has 2 rings (SSSR count). The van der Waals surface area contributed by atoms with Crippen LogP contribution < -0.4 is 0 Å². The Morgan fingerprint density at radius 3 is 2.41 bits per heavy atom. The quantitative estimate of drug-likeness (QED) is 0.759. The molecule has 2 aromatic rings. The largest absolute Gasteiger partial charge is 0.443 e. The number of oxazole rings is 1. The summed E-state index contributed by atoms with van der Waals surface area (Å²) < 4.78 is 42.8. The van der Waals surface area contributed by atoms with Gasteiger partial charge in [-0.1, -0.05) is 23.2 Å². The summed E-state index contributed by atoms with van der Waals surface area (Å²) in [6.45, 7) is 0. The molecule has 0 unspecified atom stereocenters. The maximum Gasteiger partial charge on any atom is 0.417 e. The van der Waals surface area contributed by atoms with Crippen LogP contribution in [0.3, 0.4) is 0 Å². The summed E-state index contributed by atoms with van der Waals surface area (Å²) in [6.07, 6.45) is -2.22. The number of benzene rings is 1. The van der Waals surface area contributed by atoms with Crippen LogP contribution in [-0.4, -0.2) is 4.98 Å². The molecule has 0 bridgehead atoms. The van der Waals surface area contributed by atoms with E-state index in [4.69, 9.17) is 27.6 Å². The van der Waals surface area contributed by atoms with Crippen LogP contribution in [0.4, 0.5) is 13.2 Å². The van der Waals surface area contributed by atoms with Gasteiger partial charge in [0.05, 0.1) is 27.4 Å². The van der Waals surface area contributed by atoms with Gasteiger partial charge in [0.2, 0.25) is 0 Å². The first-order valence-corrected chi connectivity index (χ1v) is 5.11. The summed E-state index contributed by atoms with van der Waals surface area (Å²) in [5.74, 6) is 0.0890. The molecule has 7 heteroatoms. The monoisotopic (exact) mass is 281 g/mol. The highest BCUT2D eigenvalue weighted by Crippen LogP contribution is 2.42. The minimum Gasteiger partial charge on any atom is -0.443 e. The van der Waals surface area contributed by atoms with E-state index in [0.29, 0.717) is 0 Å². The third-order valence-electron chi connectivity index (χ3n) is 2.08. The van der Waals surface area contributed by atoms with Crippen LogP contribution in [0, 0.1) is 0 Å². The molecule has 17 heavy (non-hydrogen) atoms. The lowest BCUT2D eigenvalue weighted by Crippen LogP contribution is -2.06. The SMILES string of the molecule is FC(F)(F)c1ccc(Cl)c(-c2cnco2)c1Cl. The molecule has 0 fully saturated rings. The van der Waals surface area contributed by atoms with Crippen molar-refractivity contribution in [1.82, 2.24) is 4.98 Å². The molecule has 90 valence electrons. The Bertz CT molecular complexity index is 537. The Kier molecular flexibility index (Phi) is 3.05. The highest BCUT2D eigenvalue weighted by atomic mass is 35.5. The second kappa shape index (κ2) is 4.23. The zero-order valence-corrected chi connectivity index (χ0v) is 9.57. The van der Waals surface area contributed by atoms with Crippen LogP contribution in [0.15, 0.2) is 29.1 Å². The first-order valence-electron chi connectivity index (χ1n) is 4.35. The average Bonchev–Trinajstić information content (AvgIpc) is 2.68. The predicted octanol–water partition coefficient (Wildman–Crippen LogP) is 4.67. The van der Waals surface area contributed by atoms with E-state index in [1.807, 2.05) is 0 Å². The van der Waals surface area contributed by atoms with Crippen molar-refractivity contribution in [3.05, 3.63) is 40.3 Å². The third-order valence-corrected chi connectivity index (χ3v) is 2.78. The van der Waals surface area contributed by atoms with Gasteiger partial charge in [0.25, 0.3) is 0 Å². The number of alkyl halides is 3. The van der Waals surface area contributed by atoms with Gasteiger partial charge < -0.3 is 4.42 Å². The van der Waals surface area contributed by atoms with Crippen molar-refractivity contribution in [2.24, 2.45) is 0 Å². The zero-order chi connectivity index (χ0) is 12.6. The lowest BCUT2D eigenvalue weighted by Gasteiger charge is -2.12. The molecule has 0 saturated heterocycles. The van der Waals surface area contributed by atoms with Crippen LogP contribution in [-0.2, 0) is 6.18 Å². The summed E-state index contributed by atoms with van der Waals surface area (Å²) in [5, 5.41) is -0.429. The lowest BCUT2D eigenvalue weighted by atomic mass is 10.1. The standard InChI is InChI=1S/C10H4Cl2F3NO/c11-6-2-1-5(10(13,14)15)9(12)8(6)7-3-16-4-17-7/h1-4H. The second-order valence-corrected chi connectivity index (χ2v) is 3.93. The van der Waals surface area contributed by atoms with Crippen molar-refractivity contribution in [2.75, 3.05) is 0 Å². The molecule has 0 aliphatic heterocycles. The maximum atomic E-state index is 12.6. The number of rotatable bonds is 1. The summed E-state index contributed by atoms with van der Waals surface area (Å²) in [7, 11) is 0. The van der Waals surface area contributed by atoms with Gasteiger partial charge in [0, 0.05) is 0 Å². The van der Waals surface area contributed by atoms with Gasteiger partial charge in [0.1, 0.15) is 0 Å². The fourth-order valence-corrected chi connectivity index (χ4v) is 2.00. The van der Waals surface area contributed by atoms with Crippen molar-refractivity contribution in [2.45, 2.75) is 6.18 Å². The molecule has 0 saturated carbocycles. The van der Waals surface area contributed by atoms with E-state index in [9.17, 15) is 13.2 Å². The summed E-state index contributed by atoms with van der Waals surface area (Å²) >= 11 is 11.5. The Hall–Kier alpha value is -1.20. The molecule has 1 heterocycles. The molecule has 0 radical (unpaired) electrons. The van der Waals surface area contributed by atoms with Crippen LogP contribution >= 0.6 is 23.2 Å². The normalized spacial score (nSPS) is 11.8. The molecule has 2 nitrogen and oxygen atoms in total. The van der Waals surface area contributed by atoms with E-state index < -0.39 is 16.8 Å². The van der Waals surface area contributed by atoms with Crippen molar-refractivity contribution in [1.29, 1.82) is 0 Å². The van der Waals surface area contributed by atoms with Gasteiger partial charge in [-0.3, -0.25) is 0 Å². The van der Waals surface area contributed by atoms with E-state index in [-0.39, 0.29) is 16.3 Å². The molecular formula is C10H4Cl2F3NO.